The van der Waals surface area contributed by atoms with Crippen LogP contribution in [0.5, 0.6) is 0 Å². The van der Waals surface area contributed by atoms with Crippen LogP contribution in [0, 0.1) is 10.1 Å². The Balaban J connectivity index is 0.00000196. The first-order valence-corrected chi connectivity index (χ1v) is 9.24. The number of hydrogen-bond donors (Lipinski definition) is 1. The Kier molecular flexibility index (Phi) is 5.55. The van der Waals surface area contributed by atoms with E-state index in [1.165, 1.54) is 29.9 Å². The van der Waals surface area contributed by atoms with E-state index in [1.54, 1.807) is 17.5 Å². The molecule has 2 aromatic rings. The normalized spacial score (nSPS) is 21.8. The summed E-state index contributed by atoms with van der Waals surface area (Å²) in [6.07, 6.45) is 3.31. The zero-order valence-corrected chi connectivity index (χ0v) is 15.6. The number of hydrogen-bond acceptors (Lipinski definition) is 6. The number of aromatic nitrogens is 1. The predicted octanol–water partition coefficient (Wildman–Crippen LogP) is 3.11. The fourth-order valence-electron chi connectivity index (χ4n) is 3.52. The molecule has 4 rings (SSSR count). The second-order valence-corrected chi connectivity index (χ2v) is 7.38. The average molecular weight is 395 g/mol. The van der Waals surface area contributed by atoms with Gasteiger partial charge in [-0.05, 0) is 31.4 Å². The average Bonchev–Trinajstić information content (AvgIpc) is 3.21. The fourth-order valence-corrected chi connectivity index (χ4v) is 4.32. The number of rotatable bonds is 3. The minimum absolute atomic E-state index is 0. The Morgan fingerprint density at radius 3 is 2.69 bits per heavy atom. The Labute approximate surface area is 161 Å². The first-order valence-electron chi connectivity index (χ1n) is 8.36. The first kappa shape index (κ1) is 18.8. The minimum Gasteiger partial charge on any atom is -0.336 e. The Morgan fingerprint density at radius 1 is 1.23 bits per heavy atom. The maximum Gasteiger partial charge on any atom is 0.273 e. The van der Waals surface area contributed by atoms with E-state index in [4.69, 9.17) is 0 Å². The molecular weight excluding hydrogens is 376 g/mol. The Hall–Kier alpha value is -2.03. The van der Waals surface area contributed by atoms with E-state index >= 15 is 0 Å². The molecule has 9 heteroatoms. The van der Waals surface area contributed by atoms with E-state index in [2.05, 4.69) is 10.3 Å². The Bertz CT molecular complexity index is 811. The fraction of sp³-hybridized carbons (Fsp3) is 0.412. The van der Waals surface area contributed by atoms with Gasteiger partial charge in [0.1, 0.15) is 10.7 Å². The van der Waals surface area contributed by atoms with E-state index in [-0.39, 0.29) is 24.0 Å². The molecule has 2 bridgehead atoms. The zero-order valence-electron chi connectivity index (χ0n) is 14.0. The molecule has 1 amide bonds. The van der Waals surface area contributed by atoms with Gasteiger partial charge >= 0.3 is 0 Å². The summed E-state index contributed by atoms with van der Waals surface area (Å²) in [5.74, 6) is -0.0289. The van der Waals surface area contributed by atoms with Crippen LogP contribution in [0.4, 0.5) is 5.69 Å². The van der Waals surface area contributed by atoms with Crippen molar-refractivity contribution < 1.29 is 9.72 Å². The van der Waals surface area contributed by atoms with Crippen LogP contribution < -0.4 is 5.32 Å². The molecule has 2 aliphatic heterocycles. The van der Waals surface area contributed by atoms with E-state index in [0.29, 0.717) is 22.8 Å². The molecule has 2 saturated heterocycles. The number of nitro benzene ring substituents is 1. The molecule has 0 radical (unpaired) electrons. The molecule has 1 N–H and O–H groups in total. The quantitative estimate of drug-likeness (QED) is 0.638. The van der Waals surface area contributed by atoms with Crippen LogP contribution >= 0.6 is 23.7 Å². The second-order valence-electron chi connectivity index (χ2n) is 6.52. The van der Waals surface area contributed by atoms with Crippen molar-refractivity contribution >= 4 is 35.3 Å². The highest BCUT2D eigenvalue weighted by Gasteiger charge is 2.32. The van der Waals surface area contributed by atoms with Crippen molar-refractivity contribution in [3.63, 3.8) is 0 Å². The molecular formula is C17H19ClN4O3S. The van der Waals surface area contributed by atoms with E-state index in [9.17, 15) is 14.9 Å². The number of benzene rings is 1. The third-order valence-corrected chi connectivity index (χ3v) is 5.75. The molecule has 1 aromatic carbocycles. The molecule has 26 heavy (non-hydrogen) atoms. The van der Waals surface area contributed by atoms with Crippen molar-refractivity contribution in [2.24, 2.45) is 0 Å². The lowest BCUT2D eigenvalue weighted by Crippen LogP contribution is -2.39. The van der Waals surface area contributed by atoms with Crippen molar-refractivity contribution in [3.8, 4) is 10.6 Å². The van der Waals surface area contributed by atoms with Gasteiger partial charge in [0, 0.05) is 48.2 Å². The number of halogens is 1. The number of amides is 1. The largest absolute Gasteiger partial charge is 0.336 e. The van der Waals surface area contributed by atoms with E-state index in [0.717, 1.165) is 31.5 Å². The van der Waals surface area contributed by atoms with Crippen LogP contribution in [0.15, 0.2) is 29.6 Å². The lowest BCUT2D eigenvalue weighted by atomic mass is 10.1. The van der Waals surface area contributed by atoms with Crippen molar-refractivity contribution in [2.75, 3.05) is 13.1 Å². The summed E-state index contributed by atoms with van der Waals surface area (Å²) in [6, 6.07) is 7.17. The maximum absolute atomic E-state index is 12.8. The number of nitro groups is 1. The molecule has 2 fully saturated rings. The molecule has 2 atom stereocenters. The topological polar surface area (TPSA) is 88.4 Å². The molecule has 138 valence electrons. The monoisotopic (exact) mass is 394 g/mol. The molecule has 2 unspecified atom stereocenters. The van der Waals surface area contributed by atoms with Crippen LogP contribution in [0.3, 0.4) is 0 Å². The number of thiazole rings is 1. The highest BCUT2D eigenvalue weighted by molar-refractivity contribution is 7.13. The molecule has 3 heterocycles. The van der Waals surface area contributed by atoms with Gasteiger partial charge in [0.15, 0.2) is 0 Å². The number of carbonyl (C=O) groups excluding carboxylic acids is 1. The van der Waals surface area contributed by atoms with Gasteiger partial charge in [0.2, 0.25) is 0 Å². The summed E-state index contributed by atoms with van der Waals surface area (Å²) in [7, 11) is 0. The summed E-state index contributed by atoms with van der Waals surface area (Å²) in [5.41, 5.74) is 1.28. The van der Waals surface area contributed by atoms with Crippen LogP contribution in [-0.4, -0.2) is 45.9 Å². The lowest BCUT2D eigenvalue weighted by molar-refractivity contribution is -0.384. The minimum atomic E-state index is -0.429. The van der Waals surface area contributed by atoms with Crippen LogP contribution in [0.2, 0.25) is 0 Å². The molecule has 0 aliphatic carbocycles. The van der Waals surface area contributed by atoms with Crippen molar-refractivity contribution in [1.29, 1.82) is 0 Å². The summed E-state index contributed by atoms with van der Waals surface area (Å²) >= 11 is 1.39. The number of non-ortho nitro benzene ring substituents is 1. The molecule has 0 spiro atoms. The summed E-state index contributed by atoms with van der Waals surface area (Å²) < 4.78 is 0. The predicted molar refractivity (Wildman–Crippen MR) is 102 cm³/mol. The van der Waals surface area contributed by atoms with Crippen molar-refractivity contribution in [2.45, 2.75) is 31.3 Å². The number of carbonyl (C=O) groups is 1. The van der Waals surface area contributed by atoms with Crippen LogP contribution in [0.1, 0.15) is 29.8 Å². The third-order valence-electron chi connectivity index (χ3n) is 4.86. The van der Waals surface area contributed by atoms with Gasteiger partial charge in [0.25, 0.3) is 11.6 Å². The second kappa shape index (κ2) is 7.69. The highest BCUT2D eigenvalue weighted by atomic mass is 35.5. The molecule has 2 aliphatic rings. The van der Waals surface area contributed by atoms with Gasteiger partial charge in [-0.25, -0.2) is 4.98 Å². The number of nitrogens with one attached hydrogen (secondary N) is 1. The third kappa shape index (κ3) is 3.72. The van der Waals surface area contributed by atoms with Gasteiger partial charge in [-0.15, -0.1) is 23.7 Å². The number of likely N-dealkylation sites (tertiary alicyclic amines) is 1. The van der Waals surface area contributed by atoms with Gasteiger partial charge in [-0.3, -0.25) is 14.9 Å². The number of nitrogens with zero attached hydrogens (tertiary/aromatic N) is 3. The zero-order chi connectivity index (χ0) is 17.4. The van der Waals surface area contributed by atoms with Crippen LogP contribution in [-0.2, 0) is 0 Å². The summed E-state index contributed by atoms with van der Waals surface area (Å²) in [5, 5.41) is 16.8. The van der Waals surface area contributed by atoms with Crippen LogP contribution in [0.25, 0.3) is 10.6 Å². The van der Waals surface area contributed by atoms with Gasteiger partial charge in [-0.1, -0.05) is 0 Å². The first-order chi connectivity index (χ1) is 12.1. The smallest absolute Gasteiger partial charge is 0.273 e. The number of fused-ring (bicyclic) bond motifs is 2. The van der Waals surface area contributed by atoms with Gasteiger partial charge < -0.3 is 10.2 Å². The van der Waals surface area contributed by atoms with Gasteiger partial charge in [-0.2, -0.15) is 0 Å². The van der Waals surface area contributed by atoms with E-state index in [1.807, 2.05) is 4.90 Å². The molecule has 0 saturated carbocycles. The van der Waals surface area contributed by atoms with Gasteiger partial charge in [0.05, 0.1) is 4.92 Å². The maximum atomic E-state index is 12.8. The van der Waals surface area contributed by atoms with Crippen molar-refractivity contribution in [3.05, 3.63) is 45.5 Å². The molecule has 1 aromatic heterocycles. The SMILES string of the molecule is Cl.O=C(c1csc(-c2ccc([N+](=O)[O-])cc2)n1)N1CCC2CCC(C1)N2. The summed E-state index contributed by atoms with van der Waals surface area (Å²) in [4.78, 5) is 29.4. The molecule has 7 nitrogen and oxygen atoms in total. The Morgan fingerprint density at radius 2 is 1.96 bits per heavy atom. The standard InChI is InChI=1S/C17H18N4O3S.ClH/c22-17(20-8-7-12-3-4-13(9-20)18-12)15-10-25-16(19-15)11-1-5-14(6-2-11)21(23)24;/h1-2,5-6,10,12-13,18H,3-4,7-9H2;1H. The summed E-state index contributed by atoms with van der Waals surface area (Å²) in [6.45, 7) is 1.50. The van der Waals surface area contributed by atoms with E-state index < -0.39 is 4.92 Å². The lowest BCUT2D eigenvalue weighted by Gasteiger charge is -2.23. The van der Waals surface area contributed by atoms with Crippen molar-refractivity contribution in [1.82, 2.24) is 15.2 Å². The highest BCUT2D eigenvalue weighted by Crippen LogP contribution is 2.27.